The number of ether oxygens (including phenoxy) is 1. The summed E-state index contributed by atoms with van der Waals surface area (Å²) in [7, 11) is 0. The molecule has 0 atom stereocenters. The highest BCUT2D eigenvalue weighted by molar-refractivity contribution is 14.1. The molecule has 0 unspecified atom stereocenters. The molecule has 0 bridgehead atoms. The van der Waals surface area contributed by atoms with Crippen molar-refractivity contribution in [1.82, 2.24) is 5.32 Å². The van der Waals surface area contributed by atoms with Crippen molar-refractivity contribution in [1.29, 1.82) is 0 Å². The Morgan fingerprint density at radius 3 is 2.75 bits per heavy atom. The fourth-order valence-electron chi connectivity index (χ4n) is 1.29. The van der Waals surface area contributed by atoms with Crippen LogP contribution in [0.3, 0.4) is 0 Å². The third-order valence-corrected chi connectivity index (χ3v) is 4.90. The van der Waals surface area contributed by atoms with Crippen LogP contribution in [0.25, 0.3) is 0 Å². The maximum absolute atomic E-state index is 6.07. The van der Waals surface area contributed by atoms with Crippen LogP contribution in [-0.2, 0) is 0 Å². The third kappa shape index (κ3) is 3.63. The summed E-state index contributed by atoms with van der Waals surface area (Å²) in [5.74, 6) is 1.40. The molecule has 1 fully saturated rings. The van der Waals surface area contributed by atoms with Gasteiger partial charge in [0, 0.05) is 27.1 Å². The van der Waals surface area contributed by atoms with Crippen molar-refractivity contribution in [2.75, 3.05) is 19.7 Å². The number of nitrogens with one attached hydrogen (secondary N) is 1. The van der Waals surface area contributed by atoms with Gasteiger partial charge in [-0.05, 0) is 50.7 Å². The Bertz CT molecular complexity index is 374. The zero-order valence-electron chi connectivity index (χ0n) is 8.30. The van der Waals surface area contributed by atoms with Gasteiger partial charge in [-0.1, -0.05) is 11.6 Å². The van der Waals surface area contributed by atoms with E-state index in [2.05, 4.69) is 43.8 Å². The minimum Gasteiger partial charge on any atom is -0.492 e. The van der Waals surface area contributed by atoms with Crippen LogP contribution in [0.2, 0.25) is 5.02 Å². The molecule has 0 aromatic heterocycles. The van der Waals surface area contributed by atoms with Crippen molar-refractivity contribution in [2.24, 2.45) is 5.92 Å². The molecule has 1 aliphatic heterocycles. The molecule has 0 aliphatic carbocycles. The molecule has 1 heterocycles. The van der Waals surface area contributed by atoms with Crippen molar-refractivity contribution in [3.63, 3.8) is 0 Å². The highest BCUT2D eigenvalue weighted by Crippen LogP contribution is 2.32. The molecular formula is C10H11BrCl2INO. The van der Waals surface area contributed by atoms with Crippen LogP contribution < -0.4 is 10.1 Å². The third-order valence-electron chi connectivity index (χ3n) is 2.32. The molecule has 0 radical (unpaired) electrons. The van der Waals surface area contributed by atoms with Crippen LogP contribution in [0.5, 0.6) is 5.75 Å². The lowest BCUT2D eigenvalue weighted by atomic mass is 10.1. The average molecular weight is 439 g/mol. The fourth-order valence-corrected chi connectivity index (χ4v) is 2.42. The predicted molar refractivity (Wildman–Crippen MR) is 81.0 cm³/mol. The van der Waals surface area contributed by atoms with Gasteiger partial charge in [0.05, 0.1) is 11.6 Å². The van der Waals surface area contributed by atoms with E-state index < -0.39 is 0 Å². The molecule has 1 aromatic carbocycles. The number of hydrogen-bond donors (Lipinski definition) is 1. The molecule has 6 heteroatoms. The van der Waals surface area contributed by atoms with Gasteiger partial charge in [-0.3, -0.25) is 0 Å². The van der Waals surface area contributed by atoms with Crippen LogP contribution >= 0.6 is 62.5 Å². The summed E-state index contributed by atoms with van der Waals surface area (Å²) in [6.45, 7) is 2.83. The Balaban J connectivity index is 0.00000128. The van der Waals surface area contributed by atoms with E-state index in [1.165, 1.54) is 0 Å². The Morgan fingerprint density at radius 1 is 1.50 bits per heavy atom. The smallest absolute Gasteiger partial charge is 0.139 e. The first-order valence-electron chi connectivity index (χ1n) is 4.65. The minimum atomic E-state index is 0. The van der Waals surface area contributed by atoms with Gasteiger partial charge < -0.3 is 10.1 Å². The highest BCUT2D eigenvalue weighted by atomic mass is 127. The number of rotatable bonds is 3. The Labute approximate surface area is 128 Å². The van der Waals surface area contributed by atoms with E-state index in [0.717, 1.165) is 33.5 Å². The van der Waals surface area contributed by atoms with Crippen LogP contribution in [0, 0.1) is 9.49 Å². The summed E-state index contributed by atoms with van der Waals surface area (Å²) >= 11 is 11.7. The van der Waals surface area contributed by atoms with E-state index in [4.69, 9.17) is 16.3 Å². The van der Waals surface area contributed by atoms with E-state index in [0.29, 0.717) is 10.9 Å². The van der Waals surface area contributed by atoms with Crippen LogP contribution in [0.4, 0.5) is 0 Å². The van der Waals surface area contributed by atoms with E-state index in [1.54, 1.807) is 0 Å². The SMILES string of the molecule is Cl.Clc1cc(Br)c(I)cc1OCC1CNC1. The topological polar surface area (TPSA) is 21.3 Å². The van der Waals surface area contributed by atoms with Gasteiger partial charge in [0.1, 0.15) is 5.75 Å². The second kappa shape index (κ2) is 6.64. The van der Waals surface area contributed by atoms with Crippen LogP contribution in [0.15, 0.2) is 16.6 Å². The van der Waals surface area contributed by atoms with E-state index in [9.17, 15) is 0 Å². The van der Waals surface area contributed by atoms with Gasteiger partial charge in [-0.2, -0.15) is 0 Å². The second-order valence-corrected chi connectivity index (χ2v) is 5.96. The molecule has 2 nitrogen and oxygen atoms in total. The fraction of sp³-hybridized carbons (Fsp3) is 0.400. The summed E-state index contributed by atoms with van der Waals surface area (Å²) in [5, 5.41) is 3.87. The largest absolute Gasteiger partial charge is 0.492 e. The highest BCUT2D eigenvalue weighted by Gasteiger charge is 2.18. The normalized spacial score (nSPS) is 15.2. The Kier molecular flexibility index (Phi) is 6.15. The molecule has 1 aliphatic rings. The van der Waals surface area contributed by atoms with E-state index in [1.807, 2.05) is 12.1 Å². The molecule has 1 N–H and O–H groups in total. The minimum absolute atomic E-state index is 0. The molecule has 1 aromatic rings. The molecule has 0 spiro atoms. The summed E-state index contributed by atoms with van der Waals surface area (Å²) in [6.07, 6.45) is 0. The summed E-state index contributed by atoms with van der Waals surface area (Å²) in [6, 6.07) is 3.83. The maximum atomic E-state index is 6.07. The van der Waals surface area contributed by atoms with Gasteiger partial charge in [0.2, 0.25) is 0 Å². The van der Waals surface area contributed by atoms with Crippen molar-refractivity contribution < 1.29 is 4.74 Å². The Hall–Kier alpha value is 0.770. The molecule has 0 amide bonds. The van der Waals surface area contributed by atoms with Crippen molar-refractivity contribution >= 4 is 62.5 Å². The zero-order valence-corrected chi connectivity index (χ0v) is 13.6. The van der Waals surface area contributed by atoms with Gasteiger partial charge in [0.15, 0.2) is 0 Å². The maximum Gasteiger partial charge on any atom is 0.139 e. The first-order valence-corrected chi connectivity index (χ1v) is 6.90. The average Bonchev–Trinajstić information content (AvgIpc) is 2.11. The molecule has 2 rings (SSSR count). The molecule has 16 heavy (non-hydrogen) atoms. The van der Waals surface area contributed by atoms with Crippen molar-refractivity contribution in [3.05, 3.63) is 25.2 Å². The molecule has 90 valence electrons. The lowest BCUT2D eigenvalue weighted by molar-refractivity contribution is 0.199. The predicted octanol–water partition coefficient (Wildman–Crippen LogP) is 3.73. The molecular weight excluding hydrogens is 428 g/mol. The van der Waals surface area contributed by atoms with E-state index in [-0.39, 0.29) is 12.4 Å². The quantitative estimate of drug-likeness (QED) is 0.573. The lowest BCUT2D eigenvalue weighted by Crippen LogP contribution is -2.45. The standard InChI is InChI=1S/C10H10BrClINO.ClH/c11-7-1-8(12)10(2-9(7)13)15-5-6-3-14-4-6;/h1-2,6,14H,3-5H2;1H. The van der Waals surface area contributed by atoms with Crippen LogP contribution in [-0.4, -0.2) is 19.7 Å². The molecule has 0 saturated carbocycles. The summed E-state index contributed by atoms with van der Waals surface area (Å²) in [4.78, 5) is 0. The first kappa shape index (κ1) is 14.8. The number of benzene rings is 1. The lowest BCUT2D eigenvalue weighted by Gasteiger charge is -2.27. The second-order valence-electron chi connectivity index (χ2n) is 3.53. The van der Waals surface area contributed by atoms with Crippen molar-refractivity contribution in [2.45, 2.75) is 0 Å². The number of halogens is 4. The van der Waals surface area contributed by atoms with Gasteiger partial charge in [-0.15, -0.1) is 12.4 Å². The van der Waals surface area contributed by atoms with Crippen molar-refractivity contribution in [3.8, 4) is 5.75 Å². The summed E-state index contributed by atoms with van der Waals surface area (Å²) < 4.78 is 7.79. The van der Waals surface area contributed by atoms with Crippen LogP contribution in [0.1, 0.15) is 0 Å². The molecule has 1 saturated heterocycles. The first-order chi connectivity index (χ1) is 7.16. The monoisotopic (exact) mass is 437 g/mol. The zero-order chi connectivity index (χ0) is 10.8. The van der Waals surface area contributed by atoms with Gasteiger partial charge in [-0.25, -0.2) is 0 Å². The van der Waals surface area contributed by atoms with E-state index >= 15 is 0 Å². The Morgan fingerprint density at radius 2 is 2.19 bits per heavy atom. The van der Waals surface area contributed by atoms with Gasteiger partial charge in [0.25, 0.3) is 0 Å². The van der Waals surface area contributed by atoms with Gasteiger partial charge >= 0.3 is 0 Å². The summed E-state index contributed by atoms with van der Waals surface area (Å²) in [5.41, 5.74) is 0. The number of hydrogen-bond acceptors (Lipinski definition) is 2.